The van der Waals surface area contributed by atoms with Gasteiger partial charge in [0.2, 0.25) is 0 Å². The van der Waals surface area contributed by atoms with E-state index in [1.807, 2.05) is 6.07 Å². The minimum atomic E-state index is -0.347. The van der Waals surface area contributed by atoms with Crippen molar-refractivity contribution in [3.05, 3.63) is 23.8 Å². The molecule has 2 rings (SSSR count). The highest BCUT2D eigenvalue weighted by molar-refractivity contribution is 5.92. The van der Waals surface area contributed by atoms with Gasteiger partial charge in [0.25, 0.3) is 0 Å². The van der Waals surface area contributed by atoms with Crippen molar-refractivity contribution in [3.63, 3.8) is 0 Å². The van der Waals surface area contributed by atoms with E-state index < -0.39 is 0 Å². The first kappa shape index (κ1) is 13.7. The number of nitrogens with two attached hydrogens (primary N) is 1. The molecule has 0 spiro atoms. The molecule has 1 aromatic rings. The van der Waals surface area contributed by atoms with Gasteiger partial charge >= 0.3 is 5.97 Å². The van der Waals surface area contributed by atoms with Crippen molar-refractivity contribution in [2.75, 3.05) is 24.3 Å². The van der Waals surface area contributed by atoms with Crippen LogP contribution in [0, 0.1) is 5.92 Å². The topological polar surface area (TPSA) is 55.6 Å². The Balaban J connectivity index is 2.25. The molecule has 1 fully saturated rings. The molecule has 0 heterocycles. The maximum atomic E-state index is 11.5. The minimum absolute atomic E-state index is 0.347. The molecule has 1 saturated carbocycles. The van der Waals surface area contributed by atoms with E-state index in [1.165, 1.54) is 20.0 Å². The summed E-state index contributed by atoms with van der Waals surface area (Å²) in [4.78, 5) is 13.8. The number of benzene rings is 1. The SMILES string of the molecule is COC(=O)c1ccc(N(CC(C)C)C2CC2)c(N)c1. The molecule has 104 valence electrons. The van der Waals surface area contributed by atoms with Crippen molar-refractivity contribution < 1.29 is 9.53 Å². The van der Waals surface area contributed by atoms with Crippen LogP contribution in [-0.2, 0) is 4.74 Å². The second kappa shape index (κ2) is 5.51. The number of carbonyl (C=O) groups is 1. The van der Waals surface area contributed by atoms with Crippen LogP contribution in [-0.4, -0.2) is 25.7 Å². The Morgan fingerprint density at radius 2 is 2.16 bits per heavy atom. The summed E-state index contributed by atoms with van der Waals surface area (Å²) >= 11 is 0. The van der Waals surface area contributed by atoms with Crippen molar-refractivity contribution in [3.8, 4) is 0 Å². The van der Waals surface area contributed by atoms with Crippen LogP contribution in [0.2, 0.25) is 0 Å². The Kier molecular flexibility index (Phi) is 3.98. The average molecular weight is 262 g/mol. The van der Waals surface area contributed by atoms with E-state index in [4.69, 9.17) is 10.5 Å². The van der Waals surface area contributed by atoms with Gasteiger partial charge in [0.15, 0.2) is 0 Å². The summed E-state index contributed by atoms with van der Waals surface area (Å²) < 4.78 is 4.71. The third-order valence-corrected chi connectivity index (χ3v) is 3.31. The molecule has 0 amide bonds. The first-order valence-corrected chi connectivity index (χ1v) is 6.77. The molecule has 0 saturated heterocycles. The summed E-state index contributed by atoms with van der Waals surface area (Å²) in [5.74, 6) is 0.236. The number of nitrogens with zero attached hydrogens (tertiary/aromatic N) is 1. The van der Waals surface area contributed by atoms with Crippen LogP contribution in [0.4, 0.5) is 11.4 Å². The molecule has 1 aliphatic carbocycles. The maximum absolute atomic E-state index is 11.5. The van der Waals surface area contributed by atoms with Gasteiger partial charge < -0.3 is 15.4 Å². The molecule has 19 heavy (non-hydrogen) atoms. The molecule has 0 atom stereocenters. The second-order valence-electron chi connectivity index (χ2n) is 5.54. The van der Waals surface area contributed by atoms with Crippen LogP contribution in [0.3, 0.4) is 0 Å². The van der Waals surface area contributed by atoms with Crippen molar-refractivity contribution in [2.45, 2.75) is 32.7 Å². The molecule has 1 aromatic carbocycles. The summed E-state index contributed by atoms with van der Waals surface area (Å²) in [7, 11) is 1.38. The number of hydrogen-bond acceptors (Lipinski definition) is 4. The lowest BCUT2D eigenvalue weighted by Gasteiger charge is -2.28. The van der Waals surface area contributed by atoms with Gasteiger partial charge in [-0.1, -0.05) is 13.8 Å². The third kappa shape index (κ3) is 3.19. The number of methoxy groups -OCH3 is 1. The van der Waals surface area contributed by atoms with Gasteiger partial charge in [0.1, 0.15) is 0 Å². The van der Waals surface area contributed by atoms with Crippen LogP contribution in [0.15, 0.2) is 18.2 Å². The van der Waals surface area contributed by atoms with Crippen molar-refractivity contribution in [1.29, 1.82) is 0 Å². The Labute approximate surface area is 114 Å². The quantitative estimate of drug-likeness (QED) is 0.654. The summed E-state index contributed by atoms with van der Waals surface area (Å²) in [6, 6.07) is 6.03. The van der Waals surface area contributed by atoms with Crippen molar-refractivity contribution in [2.24, 2.45) is 5.92 Å². The van der Waals surface area contributed by atoms with E-state index >= 15 is 0 Å². The van der Waals surface area contributed by atoms with E-state index in [0.29, 0.717) is 23.2 Å². The summed E-state index contributed by atoms with van der Waals surface area (Å²) in [6.45, 7) is 5.40. The third-order valence-electron chi connectivity index (χ3n) is 3.31. The van der Waals surface area contributed by atoms with Crippen LogP contribution in [0.25, 0.3) is 0 Å². The van der Waals surface area contributed by atoms with Gasteiger partial charge in [-0.3, -0.25) is 0 Å². The van der Waals surface area contributed by atoms with Crippen LogP contribution < -0.4 is 10.6 Å². The first-order chi connectivity index (χ1) is 9.02. The van der Waals surface area contributed by atoms with Crippen molar-refractivity contribution in [1.82, 2.24) is 0 Å². The highest BCUT2D eigenvalue weighted by Crippen LogP contribution is 2.35. The number of ether oxygens (including phenoxy) is 1. The smallest absolute Gasteiger partial charge is 0.337 e. The summed E-state index contributed by atoms with van der Waals surface area (Å²) in [5.41, 5.74) is 8.29. The highest BCUT2D eigenvalue weighted by atomic mass is 16.5. The van der Waals surface area contributed by atoms with E-state index in [2.05, 4.69) is 18.7 Å². The molecule has 0 aliphatic heterocycles. The van der Waals surface area contributed by atoms with Gasteiger partial charge in [-0.05, 0) is 37.0 Å². The van der Waals surface area contributed by atoms with E-state index in [-0.39, 0.29) is 5.97 Å². The van der Waals surface area contributed by atoms with Gasteiger partial charge in [-0.2, -0.15) is 0 Å². The summed E-state index contributed by atoms with van der Waals surface area (Å²) in [5, 5.41) is 0. The predicted octanol–water partition coefficient (Wildman–Crippen LogP) is 2.68. The maximum Gasteiger partial charge on any atom is 0.337 e. The fourth-order valence-corrected chi connectivity index (χ4v) is 2.28. The molecule has 0 bridgehead atoms. The lowest BCUT2D eigenvalue weighted by atomic mass is 10.1. The molecule has 0 unspecified atom stereocenters. The lowest BCUT2D eigenvalue weighted by molar-refractivity contribution is 0.0601. The predicted molar refractivity (Wildman–Crippen MR) is 77.4 cm³/mol. The van der Waals surface area contributed by atoms with Crippen LogP contribution >= 0.6 is 0 Å². The molecule has 2 N–H and O–H groups in total. The van der Waals surface area contributed by atoms with Crippen molar-refractivity contribution >= 4 is 17.3 Å². The van der Waals surface area contributed by atoms with E-state index in [9.17, 15) is 4.79 Å². The van der Waals surface area contributed by atoms with Gasteiger partial charge in [-0.15, -0.1) is 0 Å². The Morgan fingerprint density at radius 1 is 1.47 bits per heavy atom. The van der Waals surface area contributed by atoms with Crippen LogP contribution in [0.5, 0.6) is 0 Å². The zero-order valence-corrected chi connectivity index (χ0v) is 11.8. The molecule has 0 radical (unpaired) electrons. The second-order valence-corrected chi connectivity index (χ2v) is 5.54. The Morgan fingerprint density at radius 3 is 2.63 bits per heavy atom. The zero-order chi connectivity index (χ0) is 14.0. The average Bonchev–Trinajstić information content (AvgIpc) is 3.19. The number of anilines is 2. The molecule has 4 nitrogen and oxygen atoms in total. The van der Waals surface area contributed by atoms with Gasteiger partial charge in [-0.25, -0.2) is 4.79 Å². The normalized spacial score (nSPS) is 14.5. The van der Waals surface area contributed by atoms with E-state index in [0.717, 1.165) is 12.2 Å². The van der Waals surface area contributed by atoms with Gasteiger partial charge in [0.05, 0.1) is 24.0 Å². The molecular formula is C15H22N2O2. The number of esters is 1. The fourth-order valence-electron chi connectivity index (χ4n) is 2.28. The molecule has 0 aromatic heterocycles. The van der Waals surface area contributed by atoms with E-state index in [1.54, 1.807) is 12.1 Å². The largest absolute Gasteiger partial charge is 0.465 e. The first-order valence-electron chi connectivity index (χ1n) is 6.77. The standard InChI is InChI=1S/C15H22N2O2/c1-10(2)9-17(12-5-6-12)14-7-4-11(8-13(14)16)15(18)19-3/h4,7-8,10,12H,5-6,9,16H2,1-3H3. The number of nitrogen functional groups attached to an aromatic ring is 1. The lowest BCUT2D eigenvalue weighted by Crippen LogP contribution is -2.30. The number of hydrogen-bond donors (Lipinski definition) is 1. The Bertz CT molecular complexity index is 467. The number of rotatable bonds is 5. The fraction of sp³-hybridized carbons (Fsp3) is 0.533. The minimum Gasteiger partial charge on any atom is -0.465 e. The monoisotopic (exact) mass is 262 g/mol. The zero-order valence-electron chi connectivity index (χ0n) is 11.8. The molecular weight excluding hydrogens is 240 g/mol. The van der Waals surface area contributed by atoms with Gasteiger partial charge in [0, 0.05) is 12.6 Å². The number of carbonyl (C=O) groups excluding carboxylic acids is 1. The molecule has 4 heteroatoms. The molecule has 1 aliphatic rings. The highest BCUT2D eigenvalue weighted by Gasteiger charge is 2.30. The summed E-state index contributed by atoms with van der Waals surface area (Å²) in [6.07, 6.45) is 2.45. The Hall–Kier alpha value is -1.71. The van der Waals surface area contributed by atoms with Crippen LogP contribution in [0.1, 0.15) is 37.0 Å².